The highest BCUT2D eigenvalue weighted by Crippen LogP contribution is 2.17. The molecule has 20 heavy (non-hydrogen) atoms. The molecule has 0 aliphatic rings. The highest BCUT2D eigenvalue weighted by molar-refractivity contribution is 6.03. The molecule has 1 amide bonds. The third-order valence-electron chi connectivity index (χ3n) is 2.41. The number of anilines is 2. The molecule has 0 atom stereocenters. The van der Waals surface area contributed by atoms with E-state index in [2.05, 4.69) is 10.3 Å². The van der Waals surface area contributed by atoms with Gasteiger partial charge in [-0.1, -0.05) is 12.1 Å². The van der Waals surface area contributed by atoms with E-state index in [9.17, 15) is 4.79 Å². The number of hydrogen-bond donors (Lipinski definition) is 2. The first-order valence-corrected chi connectivity index (χ1v) is 5.96. The molecule has 2 rings (SSSR count). The number of hydrogen-bond acceptors (Lipinski definition) is 4. The van der Waals surface area contributed by atoms with Gasteiger partial charge in [0.1, 0.15) is 17.3 Å². The van der Waals surface area contributed by atoms with E-state index in [1.54, 1.807) is 30.3 Å². The van der Waals surface area contributed by atoms with Crippen molar-refractivity contribution in [1.82, 2.24) is 4.98 Å². The van der Waals surface area contributed by atoms with Crippen molar-refractivity contribution in [3.8, 4) is 5.75 Å². The molecule has 1 aromatic carbocycles. The van der Waals surface area contributed by atoms with Crippen LogP contribution < -0.4 is 15.8 Å². The summed E-state index contributed by atoms with van der Waals surface area (Å²) in [6.45, 7) is 2.48. The van der Waals surface area contributed by atoms with Crippen LogP contribution in [0.4, 0.5) is 11.5 Å². The van der Waals surface area contributed by atoms with Crippen molar-refractivity contribution in [3.63, 3.8) is 0 Å². The number of nitrogens with two attached hydrogens (primary N) is 1. The summed E-state index contributed by atoms with van der Waals surface area (Å²) < 4.78 is 5.37. The van der Waals surface area contributed by atoms with E-state index in [1.807, 2.05) is 19.1 Å². The Labute approximate surface area is 123 Å². The first-order valence-electron chi connectivity index (χ1n) is 5.96. The van der Waals surface area contributed by atoms with Crippen molar-refractivity contribution < 1.29 is 9.53 Å². The molecule has 0 fully saturated rings. The van der Waals surface area contributed by atoms with Gasteiger partial charge >= 0.3 is 0 Å². The molecule has 0 spiro atoms. The lowest BCUT2D eigenvalue weighted by Gasteiger charge is -2.07. The van der Waals surface area contributed by atoms with Crippen LogP contribution in [0.1, 0.15) is 17.4 Å². The molecule has 0 radical (unpaired) electrons. The molecule has 0 aliphatic carbocycles. The highest BCUT2D eigenvalue weighted by Gasteiger charge is 2.08. The SMILES string of the molecule is CCOc1cccc(NC(=O)c2cccc(N)n2)c1.Cl. The predicted molar refractivity (Wildman–Crippen MR) is 81.5 cm³/mol. The molecule has 1 aromatic heterocycles. The number of amides is 1. The molecule has 2 aromatic rings. The second kappa shape index (κ2) is 7.35. The van der Waals surface area contributed by atoms with Crippen molar-refractivity contribution >= 4 is 29.8 Å². The minimum atomic E-state index is -0.305. The maximum absolute atomic E-state index is 12.0. The number of nitrogens with zero attached hydrogens (tertiary/aromatic N) is 1. The lowest BCUT2D eigenvalue weighted by Crippen LogP contribution is -2.14. The van der Waals surface area contributed by atoms with Gasteiger partial charge < -0.3 is 15.8 Å². The number of aromatic nitrogens is 1. The number of pyridine rings is 1. The minimum absolute atomic E-state index is 0. The van der Waals surface area contributed by atoms with E-state index in [1.165, 1.54) is 0 Å². The summed E-state index contributed by atoms with van der Waals surface area (Å²) in [5.41, 5.74) is 6.47. The molecular formula is C14H16ClN3O2. The number of halogens is 1. The van der Waals surface area contributed by atoms with Crippen LogP contribution in [0.3, 0.4) is 0 Å². The Morgan fingerprint density at radius 1 is 1.30 bits per heavy atom. The normalized spacial score (nSPS) is 9.45. The molecule has 0 unspecified atom stereocenters. The zero-order valence-corrected chi connectivity index (χ0v) is 11.8. The van der Waals surface area contributed by atoms with Crippen LogP contribution in [-0.4, -0.2) is 17.5 Å². The molecule has 6 heteroatoms. The zero-order valence-electron chi connectivity index (χ0n) is 11.0. The van der Waals surface area contributed by atoms with Crippen LogP contribution >= 0.6 is 12.4 Å². The summed E-state index contributed by atoms with van der Waals surface area (Å²) in [6, 6.07) is 12.1. The van der Waals surface area contributed by atoms with Gasteiger partial charge in [-0.25, -0.2) is 4.98 Å². The number of rotatable bonds is 4. The van der Waals surface area contributed by atoms with Crippen LogP contribution in [0.5, 0.6) is 5.75 Å². The van der Waals surface area contributed by atoms with E-state index in [0.717, 1.165) is 0 Å². The highest BCUT2D eigenvalue weighted by atomic mass is 35.5. The number of carbonyl (C=O) groups is 1. The molecule has 0 saturated carbocycles. The van der Waals surface area contributed by atoms with E-state index in [4.69, 9.17) is 10.5 Å². The average molecular weight is 294 g/mol. The number of carbonyl (C=O) groups excluding carboxylic acids is 1. The van der Waals surface area contributed by atoms with Gasteiger partial charge in [0.05, 0.1) is 6.61 Å². The van der Waals surface area contributed by atoms with Crippen molar-refractivity contribution in [2.75, 3.05) is 17.7 Å². The lowest BCUT2D eigenvalue weighted by atomic mass is 10.2. The maximum Gasteiger partial charge on any atom is 0.274 e. The first-order chi connectivity index (χ1) is 9.19. The largest absolute Gasteiger partial charge is 0.494 e. The predicted octanol–water partition coefficient (Wildman–Crippen LogP) is 2.74. The van der Waals surface area contributed by atoms with E-state index in [-0.39, 0.29) is 24.0 Å². The summed E-state index contributed by atoms with van der Waals surface area (Å²) in [4.78, 5) is 15.9. The summed E-state index contributed by atoms with van der Waals surface area (Å²) in [5, 5.41) is 2.75. The van der Waals surface area contributed by atoms with Gasteiger partial charge in [0.2, 0.25) is 0 Å². The Hall–Kier alpha value is -2.27. The Balaban J connectivity index is 0.00000200. The summed E-state index contributed by atoms with van der Waals surface area (Å²) in [7, 11) is 0. The molecule has 3 N–H and O–H groups in total. The van der Waals surface area contributed by atoms with Gasteiger partial charge in [-0.05, 0) is 31.2 Å². The van der Waals surface area contributed by atoms with Gasteiger partial charge in [-0.15, -0.1) is 12.4 Å². The number of nitrogens with one attached hydrogen (secondary N) is 1. The number of ether oxygens (including phenoxy) is 1. The smallest absolute Gasteiger partial charge is 0.274 e. The zero-order chi connectivity index (χ0) is 13.7. The van der Waals surface area contributed by atoms with Crippen LogP contribution in [0.2, 0.25) is 0 Å². The quantitative estimate of drug-likeness (QED) is 0.908. The van der Waals surface area contributed by atoms with Crippen LogP contribution in [0, 0.1) is 0 Å². The van der Waals surface area contributed by atoms with Gasteiger partial charge in [-0.2, -0.15) is 0 Å². The van der Waals surface area contributed by atoms with Gasteiger partial charge in [0, 0.05) is 11.8 Å². The fraction of sp³-hybridized carbons (Fsp3) is 0.143. The van der Waals surface area contributed by atoms with Gasteiger partial charge in [-0.3, -0.25) is 4.79 Å². The van der Waals surface area contributed by atoms with E-state index < -0.39 is 0 Å². The van der Waals surface area contributed by atoms with Crippen LogP contribution in [-0.2, 0) is 0 Å². The minimum Gasteiger partial charge on any atom is -0.494 e. The van der Waals surface area contributed by atoms with Gasteiger partial charge in [0.25, 0.3) is 5.91 Å². The Morgan fingerprint density at radius 3 is 2.75 bits per heavy atom. The lowest BCUT2D eigenvalue weighted by molar-refractivity contribution is 0.102. The summed E-state index contributed by atoms with van der Waals surface area (Å²) >= 11 is 0. The molecular weight excluding hydrogens is 278 g/mol. The molecule has 0 aliphatic heterocycles. The van der Waals surface area contributed by atoms with Crippen LogP contribution in [0.25, 0.3) is 0 Å². The van der Waals surface area contributed by atoms with Crippen LogP contribution in [0.15, 0.2) is 42.5 Å². The molecule has 0 saturated heterocycles. The molecule has 1 heterocycles. The van der Waals surface area contributed by atoms with E-state index in [0.29, 0.717) is 23.9 Å². The average Bonchev–Trinajstić information content (AvgIpc) is 2.39. The fourth-order valence-corrected chi connectivity index (χ4v) is 1.60. The molecule has 106 valence electrons. The Bertz CT molecular complexity index is 590. The maximum atomic E-state index is 12.0. The van der Waals surface area contributed by atoms with Gasteiger partial charge in [0.15, 0.2) is 0 Å². The van der Waals surface area contributed by atoms with E-state index >= 15 is 0 Å². The number of benzene rings is 1. The fourth-order valence-electron chi connectivity index (χ4n) is 1.60. The Kier molecular flexibility index (Phi) is 5.80. The standard InChI is InChI=1S/C14H15N3O2.ClH/c1-2-19-11-6-3-5-10(9-11)16-14(18)12-7-4-8-13(15)17-12;/h3-9H,2H2,1H3,(H2,15,17)(H,16,18);1H. The first kappa shape index (κ1) is 15.8. The monoisotopic (exact) mass is 293 g/mol. The number of nitrogen functional groups attached to an aromatic ring is 1. The van der Waals surface area contributed by atoms with Crippen molar-refractivity contribution in [2.24, 2.45) is 0 Å². The third kappa shape index (κ3) is 4.13. The summed E-state index contributed by atoms with van der Waals surface area (Å²) in [5.74, 6) is 0.720. The molecule has 0 bridgehead atoms. The second-order valence-corrected chi connectivity index (χ2v) is 3.86. The second-order valence-electron chi connectivity index (χ2n) is 3.86. The van der Waals surface area contributed by atoms with Crippen molar-refractivity contribution in [2.45, 2.75) is 6.92 Å². The summed E-state index contributed by atoms with van der Waals surface area (Å²) in [6.07, 6.45) is 0. The van der Waals surface area contributed by atoms with Crippen molar-refractivity contribution in [3.05, 3.63) is 48.2 Å². The molecule has 5 nitrogen and oxygen atoms in total. The topological polar surface area (TPSA) is 77.2 Å². The van der Waals surface area contributed by atoms with Crippen molar-refractivity contribution in [1.29, 1.82) is 0 Å². The third-order valence-corrected chi connectivity index (χ3v) is 2.41. The Morgan fingerprint density at radius 2 is 2.05 bits per heavy atom.